The first-order valence-electron chi connectivity index (χ1n) is 7.97. The second-order valence-corrected chi connectivity index (χ2v) is 5.74. The fourth-order valence-corrected chi connectivity index (χ4v) is 2.89. The Balaban J connectivity index is 1.68. The van der Waals surface area contributed by atoms with Gasteiger partial charge in [-0.15, -0.1) is 0 Å². The molecular formula is C20H15FN2O2. The van der Waals surface area contributed by atoms with Gasteiger partial charge in [-0.05, 0) is 35.9 Å². The van der Waals surface area contributed by atoms with Crippen LogP contribution in [0.15, 0.2) is 67.0 Å². The van der Waals surface area contributed by atoms with E-state index in [4.69, 9.17) is 4.74 Å². The number of anilines is 1. The fourth-order valence-electron chi connectivity index (χ4n) is 2.89. The highest BCUT2D eigenvalue weighted by Gasteiger charge is 2.24. The normalized spacial score (nSPS) is 13.1. The summed E-state index contributed by atoms with van der Waals surface area (Å²) in [6, 6.07) is 15.4. The van der Waals surface area contributed by atoms with Gasteiger partial charge in [0.15, 0.2) is 0 Å². The lowest BCUT2D eigenvalue weighted by molar-refractivity contribution is 0.0976. The first-order valence-corrected chi connectivity index (χ1v) is 7.97. The number of halogens is 1. The highest BCUT2D eigenvalue weighted by Crippen LogP contribution is 2.32. The third kappa shape index (κ3) is 2.96. The number of hydrogen-bond donors (Lipinski definition) is 0. The van der Waals surface area contributed by atoms with Crippen LogP contribution in [0.4, 0.5) is 10.1 Å². The van der Waals surface area contributed by atoms with Crippen LogP contribution in [-0.4, -0.2) is 24.0 Å². The van der Waals surface area contributed by atoms with Gasteiger partial charge >= 0.3 is 0 Å². The van der Waals surface area contributed by atoms with E-state index >= 15 is 0 Å². The van der Waals surface area contributed by atoms with Crippen molar-refractivity contribution in [1.29, 1.82) is 0 Å². The molecule has 0 N–H and O–H groups in total. The predicted molar refractivity (Wildman–Crippen MR) is 93.2 cm³/mol. The van der Waals surface area contributed by atoms with Gasteiger partial charge in [-0.2, -0.15) is 0 Å². The largest absolute Gasteiger partial charge is 0.490 e. The van der Waals surface area contributed by atoms with Gasteiger partial charge in [0.25, 0.3) is 5.91 Å². The molecule has 1 aliphatic rings. The van der Waals surface area contributed by atoms with Crippen molar-refractivity contribution in [2.45, 2.75) is 0 Å². The van der Waals surface area contributed by atoms with Crippen molar-refractivity contribution >= 4 is 11.6 Å². The molecule has 0 atom stereocenters. The van der Waals surface area contributed by atoms with Crippen molar-refractivity contribution in [1.82, 2.24) is 4.98 Å². The average molecular weight is 334 g/mol. The van der Waals surface area contributed by atoms with Crippen molar-refractivity contribution < 1.29 is 13.9 Å². The second-order valence-electron chi connectivity index (χ2n) is 5.74. The molecule has 0 unspecified atom stereocenters. The number of benzene rings is 2. The summed E-state index contributed by atoms with van der Waals surface area (Å²) in [4.78, 5) is 18.9. The number of rotatable bonds is 2. The number of para-hydroxylation sites is 2. The maximum Gasteiger partial charge on any atom is 0.260 e. The Morgan fingerprint density at radius 1 is 1.04 bits per heavy atom. The maximum absolute atomic E-state index is 13.1. The van der Waals surface area contributed by atoms with Gasteiger partial charge < -0.3 is 9.64 Å². The summed E-state index contributed by atoms with van der Waals surface area (Å²) in [5.74, 6) is 0.269. The summed E-state index contributed by atoms with van der Waals surface area (Å²) in [7, 11) is 0. The number of nitrogens with zero attached hydrogens (tertiary/aromatic N) is 2. The van der Waals surface area contributed by atoms with E-state index in [-0.39, 0.29) is 11.7 Å². The molecule has 25 heavy (non-hydrogen) atoms. The summed E-state index contributed by atoms with van der Waals surface area (Å²) in [5, 5.41) is 0. The lowest BCUT2D eigenvalue weighted by atomic mass is 10.1. The molecule has 1 amide bonds. The number of carbonyl (C=O) groups is 1. The van der Waals surface area contributed by atoms with E-state index in [1.165, 1.54) is 12.1 Å². The first-order chi connectivity index (χ1) is 12.2. The van der Waals surface area contributed by atoms with Gasteiger partial charge in [0.1, 0.15) is 18.2 Å². The van der Waals surface area contributed by atoms with Crippen LogP contribution < -0.4 is 9.64 Å². The Hall–Kier alpha value is -3.21. The van der Waals surface area contributed by atoms with E-state index in [0.29, 0.717) is 24.5 Å². The molecule has 0 fully saturated rings. The zero-order chi connectivity index (χ0) is 17.2. The van der Waals surface area contributed by atoms with Crippen molar-refractivity contribution in [3.8, 4) is 16.9 Å². The van der Waals surface area contributed by atoms with Gasteiger partial charge in [0, 0.05) is 18.0 Å². The third-order valence-corrected chi connectivity index (χ3v) is 4.14. The number of ether oxygens (including phenoxy) is 1. The van der Waals surface area contributed by atoms with Crippen molar-refractivity contribution in [3.05, 3.63) is 78.4 Å². The minimum atomic E-state index is -0.297. The number of pyridine rings is 1. The van der Waals surface area contributed by atoms with E-state index in [1.54, 1.807) is 35.5 Å². The second kappa shape index (κ2) is 6.36. The molecule has 1 aromatic heterocycles. The Kier molecular flexibility index (Phi) is 3.90. The van der Waals surface area contributed by atoms with E-state index in [9.17, 15) is 9.18 Å². The predicted octanol–water partition coefficient (Wildman–Crippen LogP) is 3.93. The molecule has 0 saturated carbocycles. The first kappa shape index (κ1) is 15.3. The zero-order valence-electron chi connectivity index (χ0n) is 13.4. The van der Waals surface area contributed by atoms with Gasteiger partial charge in [-0.25, -0.2) is 4.39 Å². The minimum absolute atomic E-state index is 0.132. The van der Waals surface area contributed by atoms with Crippen LogP contribution >= 0.6 is 0 Å². The number of amides is 1. The molecule has 124 valence electrons. The smallest absolute Gasteiger partial charge is 0.260 e. The Morgan fingerprint density at radius 2 is 1.84 bits per heavy atom. The van der Waals surface area contributed by atoms with Crippen LogP contribution in [0.3, 0.4) is 0 Å². The summed E-state index contributed by atoms with van der Waals surface area (Å²) >= 11 is 0. The molecule has 2 aromatic carbocycles. The minimum Gasteiger partial charge on any atom is -0.490 e. The fraction of sp³-hybridized carbons (Fsp3) is 0.100. The van der Waals surface area contributed by atoms with Crippen LogP contribution in [0, 0.1) is 5.82 Å². The van der Waals surface area contributed by atoms with Crippen molar-refractivity contribution in [3.63, 3.8) is 0 Å². The summed E-state index contributed by atoms with van der Waals surface area (Å²) in [6.07, 6.45) is 3.21. The molecule has 0 saturated heterocycles. The maximum atomic E-state index is 13.1. The molecule has 4 rings (SSSR count). The van der Waals surface area contributed by atoms with Crippen molar-refractivity contribution in [2.24, 2.45) is 0 Å². The Bertz CT molecular complexity index is 925. The summed E-state index contributed by atoms with van der Waals surface area (Å²) in [6.45, 7) is 0.935. The monoisotopic (exact) mass is 334 g/mol. The van der Waals surface area contributed by atoms with Crippen LogP contribution in [0.25, 0.3) is 11.1 Å². The molecular weight excluding hydrogens is 319 g/mol. The Morgan fingerprint density at radius 3 is 2.68 bits per heavy atom. The molecule has 0 aliphatic carbocycles. The lowest BCUT2D eigenvalue weighted by Gasteiger charge is -2.29. The van der Waals surface area contributed by atoms with Gasteiger partial charge in [0.2, 0.25) is 0 Å². The lowest BCUT2D eigenvalue weighted by Crippen LogP contribution is -2.38. The highest BCUT2D eigenvalue weighted by atomic mass is 19.1. The molecule has 3 aromatic rings. The van der Waals surface area contributed by atoms with Crippen molar-refractivity contribution in [2.75, 3.05) is 18.1 Å². The standard InChI is InChI=1S/C20H15FN2O2/c21-17-7-5-14(6-8-17)15-11-16(13-22-12-15)20(24)23-9-10-25-19-4-2-1-3-18(19)23/h1-8,11-13H,9-10H2. The van der Waals surface area contributed by atoms with E-state index in [2.05, 4.69) is 4.98 Å². The van der Waals surface area contributed by atoms with E-state index < -0.39 is 0 Å². The van der Waals surface area contributed by atoms with E-state index in [1.807, 2.05) is 24.3 Å². The van der Waals surface area contributed by atoms with Crippen LogP contribution in [0.1, 0.15) is 10.4 Å². The van der Waals surface area contributed by atoms with Gasteiger partial charge in [0.05, 0.1) is 17.8 Å². The molecule has 0 bridgehead atoms. The summed E-state index contributed by atoms with van der Waals surface area (Å²) in [5.41, 5.74) is 2.82. The topological polar surface area (TPSA) is 42.4 Å². The average Bonchev–Trinajstić information content (AvgIpc) is 2.68. The Labute approximate surface area is 144 Å². The zero-order valence-corrected chi connectivity index (χ0v) is 13.4. The summed E-state index contributed by atoms with van der Waals surface area (Å²) < 4.78 is 18.7. The highest BCUT2D eigenvalue weighted by molar-refractivity contribution is 6.07. The number of carbonyl (C=O) groups excluding carboxylic acids is 1. The van der Waals surface area contributed by atoms with E-state index in [0.717, 1.165) is 16.8 Å². The molecule has 4 nitrogen and oxygen atoms in total. The molecule has 0 spiro atoms. The molecule has 0 radical (unpaired) electrons. The number of fused-ring (bicyclic) bond motifs is 1. The van der Waals surface area contributed by atoms with Gasteiger partial charge in [-0.3, -0.25) is 9.78 Å². The van der Waals surface area contributed by atoms with Gasteiger partial charge in [-0.1, -0.05) is 24.3 Å². The number of hydrogen-bond acceptors (Lipinski definition) is 3. The molecule has 1 aliphatic heterocycles. The molecule has 2 heterocycles. The van der Waals surface area contributed by atoms with Crippen LogP contribution in [0.2, 0.25) is 0 Å². The quantitative estimate of drug-likeness (QED) is 0.713. The SMILES string of the molecule is O=C(c1cncc(-c2ccc(F)cc2)c1)N1CCOc2ccccc21. The van der Waals surface area contributed by atoms with Crippen LogP contribution in [-0.2, 0) is 0 Å². The number of aromatic nitrogens is 1. The van der Waals surface area contributed by atoms with Crippen LogP contribution in [0.5, 0.6) is 5.75 Å². The third-order valence-electron chi connectivity index (χ3n) is 4.14. The molecule has 5 heteroatoms.